The largest absolute Gasteiger partial charge is 0.481 e. The normalized spacial score (nSPS) is 21.2. The van der Waals surface area contributed by atoms with Crippen molar-refractivity contribution in [2.75, 3.05) is 25.1 Å². The van der Waals surface area contributed by atoms with Gasteiger partial charge in [-0.25, -0.2) is 14.5 Å². The molecular formula is C25H22BrN7O. The lowest BCUT2D eigenvalue weighted by molar-refractivity contribution is 0.107. The van der Waals surface area contributed by atoms with E-state index >= 15 is 0 Å². The van der Waals surface area contributed by atoms with Crippen molar-refractivity contribution >= 4 is 27.3 Å². The lowest BCUT2D eigenvalue weighted by atomic mass is 9.73. The van der Waals surface area contributed by atoms with Gasteiger partial charge >= 0.3 is 0 Å². The third kappa shape index (κ3) is 3.59. The average Bonchev–Trinajstić information content (AvgIpc) is 3.26. The number of piperazine rings is 1. The van der Waals surface area contributed by atoms with Crippen molar-refractivity contribution in [2.45, 2.75) is 24.4 Å². The summed E-state index contributed by atoms with van der Waals surface area (Å²) in [6.45, 7) is 1.83. The number of piperidine rings is 1. The van der Waals surface area contributed by atoms with Crippen LogP contribution in [-0.2, 0) is 6.42 Å². The van der Waals surface area contributed by atoms with Crippen LogP contribution >= 0.6 is 15.9 Å². The molecule has 0 spiro atoms. The van der Waals surface area contributed by atoms with E-state index in [0.717, 1.165) is 52.9 Å². The number of rotatable bonds is 5. The van der Waals surface area contributed by atoms with Crippen LogP contribution in [0, 0.1) is 11.3 Å². The smallest absolute Gasteiger partial charge is 0.212 e. The maximum atomic E-state index is 9.51. The lowest BCUT2D eigenvalue weighted by Gasteiger charge is -2.58. The van der Waals surface area contributed by atoms with Crippen molar-refractivity contribution in [3.05, 3.63) is 70.7 Å². The monoisotopic (exact) mass is 515 g/mol. The van der Waals surface area contributed by atoms with E-state index in [1.165, 1.54) is 5.56 Å². The standard InChI is InChI=1S/C25H22BrN7O/c1-34-23-5-2-16(10-29-23)7-25-8-20(31-25)14-32(15-25)22-4-3-17(11-28-22)21-6-19(26)13-33-24(21)18(9-27)12-30-33/h2-6,10-13,20,31H,7-8,14-15H2,1H3. The summed E-state index contributed by atoms with van der Waals surface area (Å²) in [5.41, 5.74) is 4.44. The molecule has 0 amide bonds. The van der Waals surface area contributed by atoms with Crippen LogP contribution in [0.25, 0.3) is 16.6 Å². The molecule has 3 aliphatic rings. The zero-order valence-electron chi connectivity index (χ0n) is 18.6. The van der Waals surface area contributed by atoms with Crippen LogP contribution in [0.1, 0.15) is 17.5 Å². The zero-order chi connectivity index (χ0) is 23.3. The Morgan fingerprint density at radius 1 is 1.24 bits per heavy atom. The summed E-state index contributed by atoms with van der Waals surface area (Å²) >= 11 is 3.55. The van der Waals surface area contributed by atoms with Gasteiger partial charge in [0.15, 0.2) is 0 Å². The average molecular weight is 516 g/mol. The van der Waals surface area contributed by atoms with E-state index in [0.29, 0.717) is 17.5 Å². The Morgan fingerprint density at radius 2 is 2.12 bits per heavy atom. The SMILES string of the molecule is COc1ccc(CC23CC(CN(c4ccc(-c5cc(Br)cn6ncc(C#N)c56)cn4)C2)N3)cn1. The number of hydrogen-bond donors (Lipinski definition) is 1. The second-order valence-electron chi connectivity index (χ2n) is 9.03. The van der Waals surface area contributed by atoms with E-state index in [-0.39, 0.29) is 5.54 Å². The molecule has 0 aromatic carbocycles. The molecule has 3 saturated heterocycles. The predicted octanol–water partition coefficient (Wildman–Crippen LogP) is 3.60. The minimum absolute atomic E-state index is 0.0370. The molecule has 34 heavy (non-hydrogen) atoms. The molecule has 2 atom stereocenters. The molecule has 0 saturated carbocycles. The van der Waals surface area contributed by atoms with Gasteiger partial charge in [-0.3, -0.25) is 0 Å². The molecule has 7 rings (SSSR count). The lowest BCUT2D eigenvalue weighted by Crippen LogP contribution is -2.76. The third-order valence-corrected chi connectivity index (χ3v) is 7.15. The Kier molecular flexibility index (Phi) is 5.01. The van der Waals surface area contributed by atoms with Crippen molar-refractivity contribution in [2.24, 2.45) is 0 Å². The number of nitrogens with zero attached hydrogens (tertiary/aromatic N) is 6. The van der Waals surface area contributed by atoms with Gasteiger partial charge in [-0.15, -0.1) is 0 Å². The second-order valence-corrected chi connectivity index (χ2v) is 9.95. The first-order chi connectivity index (χ1) is 16.6. The minimum Gasteiger partial charge on any atom is -0.481 e. The number of methoxy groups -OCH3 is 1. The van der Waals surface area contributed by atoms with Crippen molar-refractivity contribution in [3.8, 4) is 23.1 Å². The van der Waals surface area contributed by atoms with Gasteiger partial charge in [0.25, 0.3) is 0 Å². The Hall–Kier alpha value is -3.48. The quantitative estimate of drug-likeness (QED) is 0.434. The molecule has 9 heteroatoms. The van der Waals surface area contributed by atoms with Gasteiger partial charge in [-0.1, -0.05) is 6.07 Å². The Labute approximate surface area is 205 Å². The summed E-state index contributed by atoms with van der Waals surface area (Å²) in [6, 6.07) is 12.9. The van der Waals surface area contributed by atoms with Crippen LogP contribution in [-0.4, -0.2) is 51.4 Å². The highest BCUT2D eigenvalue weighted by Crippen LogP contribution is 2.37. The van der Waals surface area contributed by atoms with Gasteiger partial charge in [0.2, 0.25) is 5.88 Å². The Bertz CT molecular complexity index is 1400. The first-order valence-corrected chi connectivity index (χ1v) is 11.9. The minimum atomic E-state index is 0.0370. The molecule has 8 nitrogen and oxygen atoms in total. The van der Waals surface area contributed by atoms with Crippen molar-refractivity contribution in [1.29, 1.82) is 5.26 Å². The fourth-order valence-electron chi connectivity index (χ4n) is 5.30. The molecule has 0 radical (unpaired) electrons. The summed E-state index contributed by atoms with van der Waals surface area (Å²) < 4.78 is 7.80. The Balaban J connectivity index is 1.24. The summed E-state index contributed by atoms with van der Waals surface area (Å²) in [4.78, 5) is 11.5. The number of ether oxygens (including phenoxy) is 1. The Morgan fingerprint density at radius 3 is 2.82 bits per heavy atom. The summed E-state index contributed by atoms with van der Waals surface area (Å²) in [7, 11) is 1.63. The van der Waals surface area contributed by atoms with E-state index in [4.69, 9.17) is 9.72 Å². The van der Waals surface area contributed by atoms with Gasteiger partial charge in [0.05, 0.1) is 24.4 Å². The van der Waals surface area contributed by atoms with Gasteiger partial charge in [-0.2, -0.15) is 10.4 Å². The molecule has 4 aromatic rings. The first kappa shape index (κ1) is 21.1. The van der Waals surface area contributed by atoms with Crippen molar-refractivity contribution in [1.82, 2.24) is 24.9 Å². The van der Waals surface area contributed by atoms with Crippen LogP contribution in [0.2, 0.25) is 0 Å². The van der Waals surface area contributed by atoms with Crippen molar-refractivity contribution < 1.29 is 4.74 Å². The molecular weight excluding hydrogens is 494 g/mol. The van der Waals surface area contributed by atoms with E-state index in [1.54, 1.807) is 17.8 Å². The number of hydrogen-bond acceptors (Lipinski definition) is 7. The number of nitrogens with one attached hydrogen (secondary N) is 1. The van der Waals surface area contributed by atoms with Crippen molar-refractivity contribution in [3.63, 3.8) is 0 Å². The maximum absolute atomic E-state index is 9.51. The molecule has 3 aliphatic heterocycles. The van der Waals surface area contributed by atoms with Gasteiger partial charge < -0.3 is 15.0 Å². The number of fused-ring (bicyclic) bond motifs is 3. The number of halogens is 1. The molecule has 0 aliphatic carbocycles. The number of nitriles is 1. The van der Waals surface area contributed by atoms with Gasteiger partial charge in [-0.05, 0) is 52.5 Å². The van der Waals surface area contributed by atoms with E-state index in [9.17, 15) is 5.26 Å². The number of anilines is 1. The fourth-order valence-corrected chi connectivity index (χ4v) is 5.73. The number of pyridine rings is 3. The van der Waals surface area contributed by atoms with Crippen LogP contribution in [0.3, 0.4) is 0 Å². The maximum Gasteiger partial charge on any atom is 0.212 e. The van der Waals surface area contributed by atoms with Crippen LogP contribution in [0.15, 0.2) is 59.6 Å². The molecule has 2 unspecified atom stereocenters. The highest BCUT2D eigenvalue weighted by Gasteiger charge is 2.49. The first-order valence-electron chi connectivity index (χ1n) is 11.1. The van der Waals surface area contributed by atoms with Crippen LogP contribution in [0.5, 0.6) is 5.88 Å². The molecule has 2 bridgehead atoms. The van der Waals surface area contributed by atoms with Crippen LogP contribution < -0.4 is 15.0 Å². The topological polar surface area (TPSA) is 91.4 Å². The summed E-state index contributed by atoms with van der Waals surface area (Å²) in [6.07, 6.45) is 9.31. The highest BCUT2D eigenvalue weighted by atomic mass is 79.9. The van der Waals surface area contributed by atoms with E-state index in [1.807, 2.05) is 30.7 Å². The molecule has 4 aromatic heterocycles. The highest BCUT2D eigenvalue weighted by molar-refractivity contribution is 9.10. The fraction of sp³-hybridized carbons (Fsp3) is 0.280. The van der Waals surface area contributed by atoms with Gasteiger partial charge in [0.1, 0.15) is 11.9 Å². The predicted molar refractivity (Wildman–Crippen MR) is 132 cm³/mol. The van der Waals surface area contributed by atoms with Gasteiger partial charge in [0, 0.05) is 64.9 Å². The summed E-state index contributed by atoms with van der Waals surface area (Å²) in [5, 5.41) is 17.6. The van der Waals surface area contributed by atoms with E-state index < -0.39 is 0 Å². The number of aromatic nitrogens is 4. The second kappa shape index (κ2) is 8.08. The summed E-state index contributed by atoms with van der Waals surface area (Å²) in [5.74, 6) is 1.60. The van der Waals surface area contributed by atoms with Crippen LogP contribution in [0.4, 0.5) is 5.82 Å². The van der Waals surface area contributed by atoms with E-state index in [2.05, 4.69) is 60.5 Å². The molecule has 3 fully saturated rings. The molecule has 1 N–H and O–H groups in total. The molecule has 7 heterocycles. The third-order valence-electron chi connectivity index (χ3n) is 6.71. The zero-order valence-corrected chi connectivity index (χ0v) is 20.2. The molecule has 170 valence electrons.